The molecule has 1 amide bonds. The molecular formula is C15H28N2O. The van der Waals surface area contributed by atoms with Crippen LogP contribution >= 0.6 is 0 Å². The first-order valence-corrected chi connectivity index (χ1v) is 7.62. The zero-order valence-corrected chi connectivity index (χ0v) is 12.0. The number of carbonyl (C=O) groups is 1. The molecule has 2 fully saturated rings. The van der Waals surface area contributed by atoms with Crippen molar-refractivity contribution in [2.45, 2.75) is 77.4 Å². The molecule has 3 heteroatoms. The largest absolute Gasteiger partial charge is 0.352 e. The fourth-order valence-corrected chi connectivity index (χ4v) is 3.51. The van der Waals surface area contributed by atoms with Crippen molar-refractivity contribution in [2.24, 2.45) is 11.8 Å². The van der Waals surface area contributed by atoms with Gasteiger partial charge in [-0.3, -0.25) is 4.79 Å². The Bertz CT molecular complexity index is 292. The molecule has 0 radical (unpaired) electrons. The van der Waals surface area contributed by atoms with Crippen LogP contribution in [-0.2, 0) is 4.79 Å². The molecule has 0 bridgehead atoms. The number of rotatable bonds is 2. The van der Waals surface area contributed by atoms with Gasteiger partial charge in [-0.1, -0.05) is 13.8 Å². The standard InChI is InChI=1S/C15H28N2O/c1-10-7-8-13(11(2)9-10)17-15(18)14-6-4-5-12(3)16-14/h10-14,16H,4-9H2,1-3H3,(H,17,18). The van der Waals surface area contributed by atoms with E-state index in [0.717, 1.165) is 18.8 Å². The quantitative estimate of drug-likeness (QED) is 0.792. The molecule has 18 heavy (non-hydrogen) atoms. The monoisotopic (exact) mass is 252 g/mol. The number of piperidine rings is 1. The van der Waals surface area contributed by atoms with E-state index in [0.29, 0.717) is 18.0 Å². The van der Waals surface area contributed by atoms with Crippen molar-refractivity contribution in [1.82, 2.24) is 10.6 Å². The van der Waals surface area contributed by atoms with Crippen LogP contribution < -0.4 is 10.6 Å². The van der Waals surface area contributed by atoms with Crippen LogP contribution in [0.2, 0.25) is 0 Å². The second-order valence-corrected chi connectivity index (χ2v) is 6.56. The average Bonchev–Trinajstić information content (AvgIpc) is 2.32. The molecule has 2 rings (SSSR count). The number of carbonyl (C=O) groups excluding carboxylic acids is 1. The van der Waals surface area contributed by atoms with E-state index in [4.69, 9.17) is 0 Å². The minimum absolute atomic E-state index is 0.0419. The summed E-state index contributed by atoms with van der Waals surface area (Å²) in [5.74, 6) is 1.67. The molecule has 1 heterocycles. The fourth-order valence-electron chi connectivity index (χ4n) is 3.51. The molecule has 1 aliphatic heterocycles. The Hall–Kier alpha value is -0.570. The highest BCUT2D eigenvalue weighted by atomic mass is 16.2. The third kappa shape index (κ3) is 3.47. The van der Waals surface area contributed by atoms with Crippen LogP contribution in [0.5, 0.6) is 0 Å². The van der Waals surface area contributed by atoms with E-state index < -0.39 is 0 Å². The predicted octanol–water partition coefficient (Wildman–Crippen LogP) is 2.46. The molecule has 3 nitrogen and oxygen atoms in total. The molecular weight excluding hydrogens is 224 g/mol. The molecule has 0 aromatic heterocycles. The Kier molecular flexibility index (Phi) is 4.66. The van der Waals surface area contributed by atoms with Crippen molar-refractivity contribution in [3.63, 3.8) is 0 Å². The van der Waals surface area contributed by atoms with Crippen LogP contribution in [0.25, 0.3) is 0 Å². The Labute approximate surface area is 111 Å². The lowest BCUT2D eigenvalue weighted by molar-refractivity contribution is -0.125. The van der Waals surface area contributed by atoms with Gasteiger partial charge >= 0.3 is 0 Å². The van der Waals surface area contributed by atoms with Gasteiger partial charge in [0, 0.05) is 12.1 Å². The van der Waals surface area contributed by atoms with E-state index >= 15 is 0 Å². The lowest BCUT2D eigenvalue weighted by Gasteiger charge is -2.35. The molecule has 104 valence electrons. The summed E-state index contributed by atoms with van der Waals surface area (Å²) in [6, 6.07) is 0.923. The molecule has 1 saturated carbocycles. The van der Waals surface area contributed by atoms with Crippen molar-refractivity contribution < 1.29 is 4.79 Å². The van der Waals surface area contributed by atoms with Gasteiger partial charge in [-0.2, -0.15) is 0 Å². The fraction of sp³-hybridized carbons (Fsp3) is 0.933. The maximum Gasteiger partial charge on any atom is 0.237 e. The van der Waals surface area contributed by atoms with Crippen LogP contribution in [0.4, 0.5) is 0 Å². The summed E-state index contributed by atoms with van der Waals surface area (Å²) in [6.07, 6.45) is 7.01. The molecule has 5 unspecified atom stereocenters. The predicted molar refractivity (Wildman–Crippen MR) is 74.3 cm³/mol. The Balaban J connectivity index is 1.83. The summed E-state index contributed by atoms with van der Waals surface area (Å²) in [5.41, 5.74) is 0. The first-order valence-electron chi connectivity index (χ1n) is 7.62. The summed E-state index contributed by atoms with van der Waals surface area (Å²) in [6.45, 7) is 6.76. The first-order chi connectivity index (χ1) is 8.56. The van der Waals surface area contributed by atoms with Gasteiger partial charge < -0.3 is 10.6 Å². The molecule has 5 atom stereocenters. The molecule has 0 aromatic rings. The summed E-state index contributed by atoms with van der Waals surface area (Å²) < 4.78 is 0. The van der Waals surface area contributed by atoms with Gasteiger partial charge in [0.25, 0.3) is 0 Å². The Morgan fingerprint density at radius 1 is 1.11 bits per heavy atom. The molecule has 0 aromatic carbocycles. The van der Waals surface area contributed by atoms with Gasteiger partial charge in [-0.05, 0) is 57.3 Å². The van der Waals surface area contributed by atoms with Crippen LogP contribution in [-0.4, -0.2) is 24.0 Å². The zero-order valence-electron chi connectivity index (χ0n) is 12.0. The number of hydrogen-bond acceptors (Lipinski definition) is 2. The van der Waals surface area contributed by atoms with E-state index in [1.54, 1.807) is 0 Å². The van der Waals surface area contributed by atoms with Crippen LogP contribution in [0.15, 0.2) is 0 Å². The van der Waals surface area contributed by atoms with E-state index in [1.807, 2.05) is 0 Å². The maximum atomic E-state index is 12.3. The van der Waals surface area contributed by atoms with Crippen molar-refractivity contribution in [3.8, 4) is 0 Å². The third-order valence-corrected chi connectivity index (χ3v) is 4.69. The van der Waals surface area contributed by atoms with E-state index in [9.17, 15) is 4.79 Å². The lowest BCUT2D eigenvalue weighted by atomic mass is 9.79. The zero-order chi connectivity index (χ0) is 13.1. The topological polar surface area (TPSA) is 41.1 Å². The van der Waals surface area contributed by atoms with Gasteiger partial charge in [0.05, 0.1) is 6.04 Å². The van der Waals surface area contributed by atoms with Gasteiger partial charge in [0.2, 0.25) is 5.91 Å². The normalized spacial score (nSPS) is 41.4. The van der Waals surface area contributed by atoms with E-state index in [2.05, 4.69) is 31.4 Å². The van der Waals surface area contributed by atoms with Crippen LogP contribution in [0, 0.1) is 11.8 Å². The number of hydrogen-bond donors (Lipinski definition) is 2. The summed E-state index contributed by atoms with van der Waals surface area (Å²) >= 11 is 0. The van der Waals surface area contributed by atoms with Crippen molar-refractivity contribution in [2.75, 3.05) is 0 Å². The first kappa shape index (κ1) is 13.9. The highest BCUT2D eigenvalue weighted by molar-refractivity contribution is 5.82. The Morgan fingerprint density at radius 2 is 1.89 bits per heavy atom. The van der Waals surface area contributed by atoms with Gasteiger partial charge in [-0.25, -0.2) is 0 Å². The maximum absolute atomic E-state index is 12.3. The second kappa shape index (κ2) is 6.05. The summed E-state index contributed by atoms with van der Waals surface area (Å²) in [5, 5.41) is 6.70. The van der Waals surface area contributed by atoms with Crippen LogP contribution in [0.3, 0.4) is 0 Å². The summed E-state index contributed by atoms with van der Waals surface area (Å²) in [4.78, 5) is 12.3. The molecule has 2 aliphatic rings. The van der Waals surface area contributed by atoms with Gasteiger partial charge in [0.15, 0.2) is 0 Å². The van der Waals surface area contributed by atoms with Crippen LogP contribution in [0.1, 0.15) is 59.3 Å². The molecule has 1 saturated heterocycles. The third-order valence-electron chi connectivity index (χ3n) is 4.69. The van der Waals surface area contributed by atoms with E-state index in [1.165, 1.54) is 25.7 Å². The van der Waals surface area contributed by atoms with Gasteiger partial charge in [0.1, 0.15) is 0 Å². The molecule has 2 N–H and O–H groups in total. The smallest absolute Gasteiger partial charge is 0.237 e. The minimum atomic E-state index is 0.0419. The van der Waals surface area contributed by atoms with Gasteiger partial charge in [-0.15, -0.1) is 0 Å². The SMILES string of the molecule is CC1CCC(NC(=O)C2CCCC(C)N2)C(C)C1. The second-order valence-electron chi connectivity index (χ2n) is 6.56. The van der Waals surface area contributed by atoms with Crippen molar-refractivity contribution >= 4 is 5.91 Å². The average molecular weight is 252 g/mol. The Morgan fingerprint density at radius 3 is 2.56 bits per heavy atom. The molecule has 1 aliphatic carbocycles. The lowest BCUT2D eigenvalue weighted by Crippen LogP contribution is -2.53. The van der Waals surface area contributed by atoms with Crippen molar-refractivity contribution in [1.29, 1.82) is 0 Å². The summed E-state index contributed by atoms with van der Waals surface area (Å²) in [7, 11) is 0. The number of nitrogens with one attached hydrogen (secondary N) is 2. The van der Waals surface area contributed by atoms with Crippen molar-refractivity contribution in [3.05, 3.63) is 0 Å². The van der Waals surface area contributed by atoms with E-state index in [-0.39, 0.29) is 11.9 Å². The highest BCUT2D eigenvalue weighted by Crippen LogP contribution is 2.28. The number of amides is 1. The molecule has 0 spiro atoms. The highest BCUT2D eigenvalue weighted by Gasteiger charge is 2.30. The minimum Gasteiger partial charge on any atom is -0.352 e.